The van der Waals surface area contributed by atoms with Crippen molar-refractivity contribution < 1.29 is 4.74 Å². The number of hydrogen-bond donors (Lipinski definition) is 0. The van der Waals surface area contributed by atoms with Gasteiger partial charge in [0.25, 0.3) is 0 Å². The lowest BCUT2D eigenvalue weighted by Gasteiger charge is -2.19. The molecule has 1 aromatic rings. The Kier molecular flexibility index (Phi) is 6.04. The van der Waals surface area contributed by atoms with Gasteiger partial charge >= 0.3 is 0 Å². The molecule has 0 saturated carbocycles. The fraction of sp³-hybridized carbons (Fsp3) is 0.600. The second-order valence-electron chi connectivity index (χ2n) is 4.97. The highest BCUT2D eigenvalue weighted by Crippen LogP contribution is 2.34. The van der Waals surface area contributed by atoms with Gasteiger partial charge in [-0.25, -0.2) is 0 Å². The molecule has 0 radical (unpaired) electrons. The van der Waals surface area contributed by atoms with Crippen LogP contribution in [-0.2, 0) is 0 Å². The van der Waals surface area contributed by atoms with Gasteiger partial charge < -0.3 is 4.74 Å². The normalized spacial score (nSPS) is 11.2. The molecule has 0 saturated heterocycles. The molecule has 2 heteroatoms. The average molecular weight is 299 g/mol. The largest absolute Gasteiger partial charge is 0.493 e. The summed E-state index contributed by atoms with van der Waals surface area (Å²) < 4.78 is 6.00. The molecular formula is C15H23BrO. The number of alkyl halides is 1. The number of rotatable bonds is 6. The maximum atomic E-state index is 6.00. The van der Waals surface area contributed by atoms with Crippen LogP contribution in [0, 0.1) is 0 Å². The van der Waals surface area contributed by atoms with Gasteiger partial charge in [0.15, 0.2) is 0 Å². The molecule has 0 spiro atoms. The van der Waals surface area contributed by atoms with E-state index in [1.807, 2.05) is 0 Å². The second-order valence-corrected chi connectivity index (χ2v) is 5.76. The zero-order valence-corrected chi connectivity index (χ0v) is 12.9. The Balaban J connectivity index is 3.01. The fourth-order valence-corrected chi connectivity index (χ4v) is 2.11. The van der Waals surface area contributed by atoms with E-state index in [9.17, 15) is 0 Å². The van der Waals surface area contributed by atoms with Gasteiger partial charge in [-0.2, -0.15) is 0 Å². The molecule has 1 nitrogen and oxygen atoms in total. The molecule has 0 aliphatic heterocycles. The van der Waals surface area contributed by atoms with Crippen LogP contribution in [0.1, 0.15) is 57.1 Å². The van der Waals surface area contributed by atoms with Crippen molar-refractivity contribution in [3.8, 4) is 5.75 Å². The summed E-state index contributed by atoms with van der Waals surface area (Å²) in [5, 5.41) is 0.994. The molecule has 1 aromatic carbocycles. The SMILES string of the molecule is CC(C)c1cccc(C(C)C)c1OCCCBr. The van der Waals surface area contributed by atoms with Crippen molar-refractivity contribution in [3.63, 3.8) is 0 Å². The molecule has 0 N–H and O–H groups in total. The van der Waals surface area contributed by atoms with Gasteiger partial charge in [0.2, 0.25) is 0 Å². The smallest absolute Gasteiger partial charge is 0.126 e. The standard InChI is InChI=1S/C15H23BrO/c1-11(2)13-7-5-8-14(12(3)4)15(13)17-10-6-9-16/h5,7-8,11-12H,6,9-10H2,1-4H3. The maximum absolute atomic E-state index is 6.00. The van der Waals surface area contributed by atoms with Gasteiger partial charge in [-0.05, 0) is 29.4 Å². The third-order valence-electron chi connectivity index (χ3n) is 2.84. The molecule has 0 unspecified atom stereocenters. The molecule has 0 heterocycles. The zero-order chi connectivity index (χ0) is 12.8. The van der Waals surface area contributed by atoms with Crippen LogP contribution in [0.3, 0.4) is 0 Å². The molecule has 0 aliphatic rings. The molecule has 1 rings (SSSR count). The van der Waals surface area contributed by atoms with E-state index in [0.717, 1.165) is 24.1 Å². The number of benzene rings is 1. The minimum absolute atomic E-state index is 0.507. The summed E-state index contributed by atoms with van der Waals surface area (Å²) in [5.74, 6) is 2.12. The van der Waals surface area contributed by atoms with Gasteiger partial charge in [-0.1, -0.05) is 61.8 Å². The minimum Gasteiger partial charge on any atom is -0.493 e. The first-order valence-electron chi connectivity index (χ1n) is 6.39. The Bertz CT molecular complexity index is 319. The van der Waals surface area contributed by atoms with E-state index < -0.39 is 0 Å². The number of hydrogen-bond acceptors (Lipinski definition) is 1. The highest BCUT2D eigenvalue weighted by atomic mass is 79.9. The van der Waals surface area contributed by atoms with E-state index in [0.29, 0.717) is 11.8 Å². The molecule has 0 aliphatic carbocycles. The van der Waals surface area contributed by atoms with Crippen LogP contribution in [0.4, 0.5) is 0 Å². The summed E-state index contributed by atoms with van der Waals surface area (Å²) in [5.41, 5.74) is 2.65. The van der Waals surface area contributed by atoms with Gasteiger partial charge in [0, 0.05) is 5.33 Å². The summed E-state index contributed by atoms with van der Waals surface area (Å²) in [4.78, 5) is 0. The van der Waals surface area contributed by atoms with Crippen molar-refractivity contribution in [1.82, 2.24) is 0 Å². The summed E-state index contributed by atoms with van der Waals surface area (Å²) in [6, 6.07) is 6.50. The lowest BCUT2D eigenvalue weighted by atomic mass is 9.94. The van der Waals surface area contributed by atoms with Crippen molar-refractivity contribution in [2.24, 2.45) is 0 Å². The van der Waals surface area contributed by atoms with E-state index in [-0.39, 0.29) is 0 Å². The van der Waals surface area contributed by atoms with E-state index in [2.05, 4.69) is 61.8 Å². The average Bonchev–Trinajstić information content (AvgIpc) is 2.28. The Morgan fingerprint density at radius 2 is 1.59 bits per heavy atom. The zero-order valence-electron chi connectivity index (χ0n) is 11.3. The van der Waals surface area contributed by atoms with E-state index >= 15 is 0 Å². The highest BCUT2D eigenvalue weighted by molar-refractivity contribution is 9.09. The van der Waals surface area contributed by atoms with E-state index in [1.165, 1.54) is 11.1 Å². The van der Waals surface area contributed by atoms with Gasteiger partial charge in [-0.3, -0.25) is 0 Å². The van der Waals surface area contributed by atoms with Crippen molar-refractivity contribution in [3.05, 3.63) is 29.3 Å². The predicted octanol–water partition coefficient (Wildman–Crippen LogP) is 5.10. The predicted molar refractivity (Wildman–Crippen MR) is 78.5 cm³/mol. The first-order chi connectivity index (χ1) is 8.07. The van der Waals surface area contributed by atoms with Crippen LogP contribution in [0.5, 0.6) is 5.75 Å². The Hall–Kier alpha value is -0.500. The molecule has 0 amide bonds. The number of halogens is 1. The first-order valence-corrected chi connectivity index (χ1v) is 7.51. The van der Waals surface area contributed by atoms with Crippen molar-refractivity contribution >= 4 is 15.9 Å². The Labute approximate surface area is 114 Å². The molecule has 0 atom stereocenters. The molecule has 0 bridgehead atoms. The molecule has 0 aromatic heterocycles. The van der Waals surface area contributed by atoms with Crippen molar-refractivity contribution in [2.75, 3.05) is 11.9 Å². The quantitative estimate of drug-likeness (QED) is 0.524. The van der Waals surface area contributed by atoms with Gasteiger partial charge in [-0.15, -0.1) is 0 Å². The summed E-state index contributed by atoms with van der Waals surface area (Å²) in [6.07, 6.45) is 1.05. The highest BCUT2D eigenvalue weighted by Gasteiger charge is 2.14. The third kappa shape index (κ3) is 4.02. The molecule has 0 fully saturated rings. The lowest BCUT2D eigenvalue weighted by Crippen LogP contribution is -2.05. The van der Waals surface area contributed by atoms with Crippen LogP contribution in [0.2, 0.25) is 0 Å². The Morgan fingerprint density at radius 3 is 2.00 bits per heavy atom. The van der Waals surface area contributed by atoms with Crippen molar-refractivity contribution in [2.45, 2.75) is 46.0 Å². The Morgan fingerprint density at radius 1 is 1.06 bits per heavy atom. The van der Waals surface area contributed by atoms with Gasteiger partial charge in [0.05, 0.1) is 6.61 Å². The minimum atomic E-state index is 0.507. The number of ether oxygens (including phenoxy) is 1. The fourth-order valence-electron chi connectivity index (χ4n) is 1.88. The van der Waals surface area contributed by atoms with Gasteiger partial charge in [0.1, 0.15) is 5.75 Å². The molecule has 17 heavy (non-hydrogen) atoms. The van der Waals surface area contributed by atoms with Crippen molar-refractivity contribution in [1.29, 1.82) is 0 Å². The molecule has 96 valence electrons. The second kappa shape index (κ2) is 7.05. The monoisotopic (exact) mass is 298 g/mol. The summed E-state index contributed by atoms with van der Waals surface area (Å²) in [7, 11) is 0. The van der Waals surface area contributed by atoms with E-state index in [1.54, 1.807) is 0 Å². The lowest BCUT2D eigenvalue weighted by molar-refractivity contribution is 0.310. The summed E-state index contributed by atoms with van der Waals surface area (Å²) >= 11 is 3.44. The van der Waals surface area contributed by atoms with Crippen LogP contribution in [-0.4, -0.2) is 11.9 Å². The van der Waals surface area contributed by atoms with E-state index in [4.69, 9.17) is 4.74 Å². The number of para-hydroxylation sites is 1. The van der Waals surface area contributed by atoms with Crippen LogP contribution in [0.15, 0.2) is 18.2 Å². The maximum Gasteiger partial charge on any atom is 0.126 e. The molecular weight excluding hydrogens is 276 g/mol. The summed E-state index contributed by atoms with van der Waals surface area (Å²) in [6.45, 7) is 9.66. The first kappa shape index (κ1) is 14.6. The van der Waals surface area contributed by atoms with Crippen LogP contribution >= 0.6 is 15.9 Å². The van der Waals surface area contributed by atoms with Crippen LogP contribution < -0.4 is 4.74 Å². The van der Waals surface area contributed by atoms with Crippen LogP contribution in [0.25, 0.3) is 0 Å². The topological polar surface area (TPSA) is 9.23 Å². The third-order valence-corrected chi connectivity index (χ3v) is 3.41.